The Kier molecular flexibility index (Phi) is 2660. The summed E-state index contributed by atoms with van der Waals surface area (Å²) in [5.41, 5.74) is 0. The Balaban J connectivity index is 0. The van der Waals surface area contributed by atoms with Crippen LogP contribution in [0.1, 0.15) is 0 Å². The molecule has 0 N–H and O–H groups in total. The van der Waals surface area contributed by atoms with Crippen LogP contribution in [0.15, 0.2) is 0 Å². The predicted octanol–water partition coefficient (Wildman–Crippen LogP) is 1.25. The quantitative estimate of drug-likeness (QED) is 0.323. The molecule has 0 fully saturated rings. The van der Waals surface area contributed by atoms with E-state index in [1.807, 2.05) is 0 Å². The monoisotopic (exact) mass is 827 g/mol. The van der Waals surface area contributed by atoms with Gasteiger partial charge in [0, 0.05) is 0 Å². The van der Waals surface area contributed by atoms with E-state index in [0.29, 0.717) is 0 Å². The van der Waals surface area contributed by atoms with E-state index in [0.717, 1.165) is 0 Å². The molecule has 0 bridgehead atoms. The van der Waals surface area contributed by atoms with Crippen molar-refractivity contribution in [3.05, 3.63) is 0 Å². The standard InChI is InChI=1S/6Ca.16ClH.12H/h;;;;;;16*1H;;;;;;;;;;;;. The predicted molar refractivity (Wildman–Crippen MR) is 167 cm³/mol. The summed E-state index contributed by atoms with van der Waals surface area (Å²) < 4.78 is 0. The van der Waals surface area contributed by atoms with Gasteiger partial charge in [0.2, 0.25) is 0 Å². The summed E-state index contributed by atoms with van der Waals surface area (Å²) in [4.78, 5) is 0. The fourth-order valence-corrected chi connectivity index (χ4v) is 0. The third-order valence-electron chi connectivity index (χ3n) is 0. The number of hydrogen-bond donors (Lipinski definition) is 0. The molecular weight excluding hydrogens is 808 g/mol. The molecule has 0 aliphatic rings. The minimum atomic E-state index is 0. The van der Waals surface area contributed by atoms with E-state index in [9.17, 15) is 0 Å². The van der Waals surface area contributed by atoms with Gasteiger partial charge >= 0.3 is 226 Å². The van der Waals surface area contributed by atoms with Crippen molar-refractivity contribution < 1.29 is 0 Å². The summed E-state index contributed by atoms with van der Waals surface area (Å²) in [6, 6.07) is 0. The van der Waals surface area contributed by atoms with Crippen LogP contribution in [0.3, 0.4) is 0 Å². The maximum atomic E-state index is 0. The van der Waals surface area contributed by atoms with Crippen molar-refractivity contribution in [2.24, 2.45) is 0 Å². The topological polar surface area (TPSA) is 0 Å². The van der Waals surface area contributed by atoms with Gasteiger partial charge in [-0.1, -0.05) is 0 Å². The van der Waals surface area contributed by atoms with Crippen LogP contribution in [0, 0.1) is 0 Å². The summed E-state index contributed by atoms with van der Waals surface area (Å²) >= 11 is 0. The van der Waals surface area contributed by atoms with Gasteiger partial charge < -0.3 is 0 Å². The molecule has 0 saturated carbocycles. The number of halogens is 16. The zero-order chi connectivity index (χ0) is 0. The third kappa shape index (κ3) is 211. The SMILES string of the molecule is Cl.Cl.Cl.Cl.Cl.Cl.Cl.Cl.Cl.Cl.Cl.Cl.Cl.Cl.Cl.Cl.[CaH2].[CaH2].[CaH2].[CaH2].[CaH2].[CaH2]. The van der Waals surface area contributed by atoms with Crippen molar-refractivity contribution in [2.75, 3.05) is 0 Å². The fourth-order valence-electron chi connectivity index (χ4n) is 0. The van der Waals surface area contributed by atoms with Crippen LogP contribution in [0.2, 0.25) is 0 Å². The zero-order valence-corrected chi connectivity index (χ0v) is 19.6. The molecule has 0 unspecified atom stereocenters. The van der Waals surface area contributed by atoms with Gasteiger partial charge in [0.1, 0.15) is 0 Å². The van der Waals surface area contributed by atoms with Gasteiger partial charge in [-0.2, -0.15) is 0 Å². The third-order valence-corrected chi connectivity index (χ3v) is 0. The molecular formula is H28Ca6Cl16. The summed E-state index contributed by atoms with van der Waals surface area (Å²) in [6.07, 6.45) is 0. The van der Waals surface area contributed by atoms with E-state index < -0.39 is 0 Å². The zero-order valence-electron chi connectivity index (χ0n) is 6.53. The summed E-state index contributed by atoms with van der Waals surface area (Å²) in [7, 11) is 0. The molecule has 22 heteroatoms. The summed E-state index contributed by atoms with van der Waals surface area (Å²) in [5.74, 6) is 0. The van der Waals surface area contributed by atoms with Crippen molar-refractivity contribution in [3.8, 4) is 0 Å². The first-order valence-corrected chi connectivity index (χ1v) is 0. The second-order valence-corrected chi connectivity index (χ2v) is 0. The number of hydrogen-bond acceptors (Lipinski definition) is 0. The average molecular weight is 836 g/mol. The molecule has 0 aromatic carbocycles. The Labute approximate surface area is 413 Å². The van der Waals surface area contributed by atoms with Crippen LogP contribution in [-0.4, -0.2) is 226 Å². The van der Waals surface area contributed by atoms with E-state index >= 15 is 0 Å². The average Bonchev–Trinajstić information content (AvgIpc) is 0. The molecule has 22 heavy (non-hydrogen) atoms. The molecule has 0 radical (unpaired) electrons. The molecule has 0 spiro atoms. The molecule has 0 heterocycles. The van der Waals surface area contributed by atoms with E-state index in [1.165, 1.54) is 0 Å². The van der Waals surface area contributed by atoms with Crippen molar-refractivity contribution in [3.63, 3.8) is 0 Å². The van der Waals surface area contributed by atoms with Gasteiger partial charge in [-0.15, -0.1) is 199 Å². The van der Waals surface area contributed by atoms with E-state index in [1.54, 1.807) is 0 Å². The molecule has 0 rings (SSSR count). The van der Waals surface area contributed by atoms with Gasteiger partial charge in [0.15, 0.2) is 0 Å². The van der Waals surface area contributed by atoms with E-state index in [-0.39, 0.29) is 425 Å². The molecule has 152 valence electrons. The van der Waals surface area contributed by atoms with Crippen molar-refractivity contribution >= 4 is 425 Å². The van der Waals surface area contributed by atoms with Gasteiger partial charge in [-0.25, -0.2) is 0 Å². The first kappa shape index (κ1) is 253. The van der Waals surface area contributed by atoms with E-state index in [2.05, 4.69) is 0 Å². The Hall–Kier alpha value is 12.2. The Bertz CT molecular complexity index is 18.6. The molecule has 0 saturated heterocycles. The van der Waals surface area contributed by atoms with Crippen LogP contribution in [0.4, 0.5) is 0 Å². The van der Waals surface area contributed by atoms with Crippen molar-refractivity contribution in [1.82, 2.24) is 0 Å². The van der Waals surface area contributed by atoms with Crippen molar-refractivity contribution in [1.29, 1.82) is 0 Å². The molecule has 0 amide bonds. The molecule has 0 aromatic rings. The van der Waals surface area contributed by atoms with Gasteiger partial charge in [0.25, 0.3) is 0 Å². The molecule has 0 aromatic heterocycles. The first-order chi connectivity index (χ1) is 0. The summed E-state index contributed by atoms with van der Waals surface area (Å²) in [6.45, 7) is 0. The van der Waals surface area contributed by atoms with Crippen LogP contribution in [-0.2, 0) is 0 Å². The van der Waals surface area contributed by atoms with Crippen molar-refractivity contribution in [2.45, 2.75) is 0 Å². The molecule has 0 atom stereocenters. The van der Waals surface area contributed by atoms with Crippen LogP contribution >= 0.6 is 199 Å². The van der Waals surface area contributed by atoms with Crippen LogP contribution in [0.5, 0.6) is 0 Å². The minimum absolute atomic E-state index is 0. The maximum absolute atomic E-state index is 0. The molecule has 0 nitrogen and oxygen atoms in total. The number of rotatable bonds is 0. The molecule has 0 aliphatic heterocycles. The molecule has 0 aliphatic carbocycles. The first-order valence-electron chi connectivity index (χ1n) is 0. The van der Waals surface area contributed by atoms with Gasteiger partial charge in [-0.05, 0) is 0 Å². The second-order valence-electron chi connectivity index (χ2n) is 0. The normalized spacial score (nSPS) is 0. The Morgan fingerprint density at radius 3 is 0.0909 bits per heavy atom. The van der Waals surface area contributed by atoms with Gasteiger partial charge in [-0.3, -0.25) is 0 Å². The Morgan fingerprint density at radius 1 is 0.0909 bits per heavy atom. The second kappa shape index (κ2) is 231. The van der Waals surface area contributed by atoms with Crippen LogP contribution in [0.25, 0.3) is 0 Å². The van der Waals surface area contributed by atoms with E-state index in [4.69, 9.17) is 0 Å². The summed E-state index contributed by atoms with van der Waals surface area (Å²) in [5, 5.41) is 0. The Morgan fingerprint density at radius 2 is 0.0909 bits per heavy atom. The fraction of sp³-hybridized carbons (Fsp3) is 0. The van der Waals surface area contributed by atoms with Crippen LogP contribution < -0.4 is 0 Å². The van der Waals surface area contributed by atoms with Gasteiger partial charge in [0.05, 0.1) is 0 Å².